The number of hydrogen-bond acceptors (Lipinski definition) is 5. The molecule has 0 saturated heterocycles. The first-order valence-electron chi connectivity index (χ1n) is 2.99. The molecule has 0 unspecified atom stereocenters. The molecule has 14 heavy (non-hydrogen) atoms. The van der Waals surface area contributed by atoms with E-state index in [1.165, 1.54) is 4.90 Å². The molecule has 0 saturated carbocycles. The van der Waals surface area contributed by atoms with Crippen molar-refractivity contribution in [2.45, 2.75) is 0 Å². The summed E-state index contributed by atoms with van der Waals surface area (Å²) in [5.74, 6) is 0. The Kier molecular flexibility index (Phi) is 11.1. The van der Waals surface area contributed by atoms with Crippen molar-refractivity contribution in [2.24, 2.45) is 10.3 Å². The van der Waals surface area contributed by atoms with Crippen LogP contribution < -0.4 is 15.2 Å². The summed E-state index contributed by atoms with van der Waals surface area (Å²) in [6.07, 6.45) is 0. The quantitative estimate of drug-likeness (QED) is 0.320. The summed E-state index contributed by atoms with van der Waals surface area (Å²) < 4.78 is 51.8. The van der Waals surface area contributed by atoms with Crippen LogP contribution in [-0.2, 0) is 20.6 Å². The largest absolute Gasteiger partial charge is 0.736 e. The van der Waals surface area contributed by atoms with Crippen LogP contribution in [0.5, 0.6) is 0 Å². The zero-order valence-electron chi connectivity index (χ0n) is 7.96. The second-order valence-corrected chi connectivity index (χ2v) is 4.52. The van der Waals surface area contributed by atoms with Gasteiger partial charge in [-0.3, -0.25) is 4.55 Å². The molecule has 0 spiro atoms. The van der Waals surface area contributed by atoms with Gasteiger partial charge in [0.15, 0.2) is 10.3 Å². The second kappa shape index (κ2) is 8.05. The van der Waals surface area contributed by atoms with E-state index >= 15 is 0 Å². The Morgan fingerprint density at radius 3 is 1.07 bits per heavy atom. The van der Waals surface area contributed by atoms with Crippen molar-refractivity contribution in [1.82, 2.24) is 0 Å². The summed E-state index contributed by atoms with van der Waals surface area (Å²) in [5, 5.41) is 7.65. The summed E-state index contributed by atoms with van der Waals surface area (Å²) in [5.41, 5.74) is 0. The minimum atomic E-state index is -4.42. The van der Waals surface area contributed by atoms with E-state index in [4.69, 9.17) is 25.9 Å². The summed E-state index contributed by atoms with van der Waals surface area (Å²) >= 11 is 0. The predicted octanol–water partition coefficient (Wildman–Crippen LogP) is -4.09. The molecule has 0 bridgehead atoms. The second-order valence-electron chi connectivity index (χ2n) is 2.51. The Hall–Kier alpha value is -0.300. The molecule has 0 aliphatic heterocycles. The molecule has 0 radical (unpaired) electrons. The number of quaternary nitrogens is 1. The van der Waals surface area contributed by atoms with Gasteiger partial charge in [0.2, 0.25) is 0 Å². The number of rotatable bonds is 0. The van der Waals surface area contributed by atoms with E-state index in [0.29, 0.717) is 0 Å². The monoisotopic (exact) mass is 253 g/mol. The van der Waals surface area contributed by atoms with Crippen LogP contribution in [0.3, 0.4) is 0 Å². The molecule has 0 aliphatic rings. The predicted molar refractivity (Wildman–Crippen MR) is 48.4 cm³/mol. The molecule has 0 amide bonds. The van der Waals surface area contributed by atoms with Gasteiger partial charge in [-0.2, -0.15) is 8.42 Å². The molecule has 6 N–H and O–H groups in total. The molecule has 0 aromatic carbocycles. The zero-order chi connectivity index (χ0) is 12.6. The van der Waals surface area contributed by atoms with Crippen molar-refractivity contribution >= 4 is 20.6 Å². The lowest BCUT2D eigenvalue weighted by Crippen LogP contribution is -3.02. The van der Waals surface area contributed by atoms with Crippen molar-refractivity contribution in [3.05, 3.63) is 0 Å². The van der Waals surface area contributed by atoms with Crippen molar-refractivity contribution in [1.29, 1.82) is 0 Å². The van der Waals surface area contributed by atoms with E-state index in [1.807, 2.05) is 0 Å². The number of hydrogen-bond donors (Lipinski definition) is 4. The van der Waals surface area contributed by atoms with Gasteiger partial charge in [-0.15, -0.1) is 0 Å². The van der Waals surface area contributed by atoms with Crippen LogP contribution in [0.2, 0.25) is 0 Å². The van der Waals surface area contributed by atoms with Gasteiger partial charge in [-0.05, 0) is 0 Å². The molecule has 0 aromatic rings. The van der Waals surface area contributed by atoms with Crippen LogP contribution in [0.4, 0.5) is 0 Å². The normalized spacial score (nSPS) is 10.9. The summed E-state index contributed by atoms with van der Waals surface area (Å²) in [4.78, 5) is 1.42. The van der Waals surface area contributed by atoms with Crippen LogP contribution in [-0.4, -0.2) is 47.1 Å². The van der Waals surface area contributed by atoms with E-state index in [9.17, 15) is 0 Å². The summed E-state index contributed by atoms with van der Waals surface area (Å²) in [6, 6.07) is 0. The van der Waals surface area contributed by atoms with Crippen LogP contribution in [0.15, 0.2) is 0 Å². The van der Waals surface area contributed by atoms with Crippen LogP contribution >= 0.6 is 0 Å². The molecule has 9 nitrogen and oxygen atoms in total. The van der Waals surface area contributed by atoms with Crippen molar-refractivity contribution in [2.75, 3.05) is 21.1 Å². The maximum absolute atomic E-state index is 8.97. The highest BCUT2D eigenvalue weighted by Gasteiger charge is 1.81. The Morgan fingerprint density at radius 2 is 1.07 bits per heavy atom. The van der Waals surface area contributed by atoms with E-state index < -0.39 is 20.6 Å². The fourth-order valence-corrected chi connectivity index (χ4v) is 0. The Morgan fingerprint density at radius 1 is 1.07 bits per heavy atom. The average Bonchev–Trinajstić information content (AvgIpc) is 1.45. The molecule has 0 atom stereocenters. The van der Waals surface area contributed by atoms with Gasteiger partial charge >= 0.3 is 10.3 Å². The van der Waals surface area contributed by atoms with Crippen LogP contribution in [0.25, 0.3) is 0 Å². The minimum Gasteiger partial charge on any atom is -0.736 e. The molecule has 11 heteroatoms. The maximum atomic E-state index is 8.97. The standard InChI is InChI=1S/C3H9N.2H3NO3S/c1-4(2)3;2*1-5(2,3)4/h1-3H3;2*(H3,1,2,3,4). The van der Waals surface area contributed by atoms with Gasteiger partial charge in [0.05, 0.1) is 21.1 Å². The lowest BCUT2D eigenvalue weighted by molar-refractivity contribution is -0.836. The number of nitrogens with one attached hydrogen (secondary N) is 1. The van der Waals surface area contributed by atoms with Gasteiger partial charge in [-0.25, -0.2) is 18.7 Å². The molecular formula is C3H15N3O6S2. The van der Waals surface area contributed by atoms with E-state index in [0.717, 1.165) is 0 Å². The van der Waals surface area contributed by atoms with Gasteiger partial charge in [0.1, 0.15) is 0 Å². The van der Waals surface area contributed by atoms with E-state index in [2.05, 4.69) is 31.4 Å². The van der Waals surface area contributed by atoms with Crippen LogP contribution in [0.1, 0.15) is 0 Å². The Bertz CT molecular complexity index is 256. The molecule has 0 fully saturated rings. The molecular weight excluding hydrogens is 238 g/mol. The smallest absolute Gasteiger partial charge is 0.330 e. The summed E-state index contributed by atoms with van der Waals surface area (Å²) in [6.45, 7) is 0. The average molecular weight is 253 g/mol. The first-order valence-corrected chi connectivity index (χ1v) is 5.96. The summed E-state index contributed by atoms with van der Waals surface area (Å²) in [7, 11) is -2.33. The zero-order valence-corrected chi connectivity index (χ0v) is 9.59. The highest BCUT2D eigenvalue weighted by molar-refractivity contribution is 7.83. The van der Waals surface area contributed by atoms with Crippen molar-refractivity contribution in [3.8, 4) is 0 Å². The lowest BCUT2D eigenvalue weighted by atomic mass is 11.0. The third-order valence-corrected chi connectivity index (χ3v) is 0. The Labute approximate surface area is 83.4 Å². The minimum absolute atomic E-state index is 1.42. The van der Waals surface area contributed by atoms with Gasteiger partial charge in [-0.1, -0.05) is 0 Å². The fraction of sp³-hybridized carbons (Fsp3) is 1.00. The first kappa shape index (κ1) is 19.3. The van der Waals surface area contributed by atoms with Crippen LogP contribution in [0, 0.1) is 0 Å². The molecule has 0 rings (SSSR count). The van der Waals surface area contributed by atoms with E-state index in [1.54, 1.807) is 0 Å². The maximum Gasteiger partial charge on any atom is 0.330 e. The topological polar surface area (TPSA) is 168 Å². The lowest BCUT2D eigenvalue weighted by Gasteiger charge is -1.90. The van der Waals surface area contributed by atoms with Crippen molar-refractivity contribution < 1.29 is 30.8 Å². The fourth-order valence-electron chi connectivity index (χ4n) is 0. The van der Waals surface area contributed by atoms with Gasteiger partial charge < -0.3 is 9.45 Å². The highest BCUT2D eigenvalue weighted by Crippen LogP contribution is 1.50. The van der Waals surface area contributed by atoms with E-state index in [-0.39, 0.29) is 0 Å². The third kappa shape index (κ3) is 14900. The first-order chi connectivity index (χ1) is 5.73. The molecule has 0 aromatic heterocycles. The SMILES string of the molecule is C[NH+](C)C.NS(=O)(=O)O.NS(=O)(=O)[O-]. The highest BCUT2D eigenvalue weighted by atomic mass is 32.2. The van der Waals surface area contributed by atoms with Gasteiger partial charge in [0.25, 0.3) is 0 Å². The number of nitrogens with two attached hydrogens (primary N) is 2. The van der Waals surface area contributed by atoms with Crippen molar-refractivity contribution in [3.63, 3.8) is 0 Å². The molecule has 90 valence electrons. The Balaban J connectivity index is -0.000000131. The molecule has 0 aliphatic carbocycles. The third-order valence-electron chi connectivity index (χ3n) is 0. The molecule has 0 heterocycles. The van der Waals surface area contributed by atoms with Gasteiger partial charge in [0, 0.05) is 0 Å².